The van der Waals surface area contributed by atoms with Crippen molar-refractivity contribution < 1.29 is 31.1 Å². The topological polar surface area (TPSA) is 78.2 Å². The summed E-state index contributed by atoms with van der Waals surface area (Å²) in [6, 6.07) is 4.79. The highest BCUT2D eigenvalue weighted by Crippen LogP contribution is 2.45. The second kappa shape index (κ2) is 8.46. The number of alkyl halides is 3. The number of halogens is 7. The Morgan fingerprint density at radius 1 is 1.08 bits per heavy atom. The van der Waals surface area contributed by atoms with Gasteiger partial charge < -0.3 is 10.3 Å². The molecule has 37 heavy (non-hydrogen) atoms. The fraction of sp³-hybridized carbons (Fsp3) is 0.125. The van der Waals surface area contributed by atoms with Crippen molar-refractivity contribution in [2.45, 2.75) is 13.1 Å². The van der Waals surface area contributed by atoms with Gasteiger partial charge in [0.25, 0.3) is 0 Å². The van der Waals surface area contributed by atoms with Crippen LogP contribution in [-0.2, 0) is 13.2 Å². The van der Waals surface area contributed by atoms with Gasteiger partial charge in [0.05, 0.1) is 22.3 Å². The molecule has 0 fully saturated rings. The Hall–Kier alpha value is -3.62. The fourth-order valence-corrected chi connectivity index (χ4v) is 5.03. The lowest BCUT2D eigenvalue weighted by Crippen LogP contribution is -2.11. The van der Waals surface area contributed by atoms with Gasteiger partial charge in [-0.05, 0) is 53.8 Å². The van der Waals surface area contributed by atoms with Crippen molar-refractivity contribution in [1.29, 1.82) is 0 Å². The smallest absolute Gasteiger partial charge is 0.396 e. The molecule has 2 N–H and O–H groups in total. The first kappa shape index (κ1) is 25.0. The fourth-order valence-electron chi connectivity index (χ4n) is 4.25. The molecule has 5 aromatic rings. The summed E-state index contributed by atoms with van der Waals surface area (Å²) in [5, 5.41) is 0. The number of carbonyl (C=O) groups is 1. The average molecular weight is 629 g/mol. The van der Waals surface area contributed by atoms with Gasteiger partial charge >= 0.3 is 6.18 Å². The number of nitrogen functional groups attached to an aromatic ring is 1. The van der Waals surface area contributed by atoms with Gasteiger partial charge in [-0.15, -0.1) is 0 Å². The number of hydrogen-bond acceptors (Lipinski definition) is 4. The Labute approximate surface area is 217 Å². The van der Waals surface area contributed by atoms with Crippen LogP contribution in [0.25, 0.3) is 27.7 Å². The molecular formula is C24H14F6IN5O. The molecule has 13 heteroatoms. The van der Waals surface area contributed by atoms with Crippen LogP contribution in [0.15, 0.2) is 36.5 Å². The van der Waals surface area contributed by atoms with Gasteiger partial charge in [-0.3, -0.25) is 9.20 Å². The van der Waals surface area contributed by atoms with Crippen LogP contribution in [0, 0.1) is 28.1 Å². The van der Waals surface area contributed by atoms with Crippen LogP contribution in [0.4, 0.5) is 32.0 Å². The molecule has 0 unspecified atom stereocenters. The summed E-state index contributed by atoms with van der Waals surface area (Å²) in [5.41, 5.74) is 4.68. The highest BCUT2D eigenvalue weighted by molar-refractivity contribution is 14.1. The molecule has 0 amide bonds. The maximum absolute atomic E-state index is 14.3. The molecule has 0 radical (unpaired) electrons. The predicted octanol–water partition coefficient (Wildman–Crippen LogP) is 6.05. The molecule has 190 valence electrons. The van der Waals surface area contributed by atoms with Crippen LogP contribution in [0.5, 0.6) is 0 Å². The van der Waals surface area contributed by atoms with E-state index in [0.717, 1.165) is 6.07 Å². The maximum atomic E-state index is 14.3. The van der Waals surface area contributed by atoms with E-state index in [1.54, 1.807) is 36.6 Å². The van der Waals surface area contributed by atoms with E-state index < -0.39 is 40.5 Å². The van der Waals surface area contributed by atoms with Gasteiger partial charge in [-0.1, -0.05) is 6.07 Å². The molecule has 0 aliphatic carbocycles. The van der Waals surface area contributed by atoms with Crippen LogP contribution in [0.2, 0.25) is 0 Å². The van der Waals surface area contributed by atoms with E-state index in [2.05, 4.69) is 9.97 Å². The van der Waals surface area contributed by atoms with Crippen LogP contribution in [0.1, 0.15) is 27.6 Å². The lowest BCUT2D eigenvalue weighted by molar-refractivity contribution is -0.137. The van der Waals surface area contributed by atoms with E-state index in [4.69, 9.17) is 5.73 Å². The van der Waals surface area contributed by atoms with Crippen molar-refractivity contribution >= 4 is 50.6 Å². The third-order valence-corrected chi connectivity index (χ3v) is 6.84. The second-order valence-electron chi connectivity index (χ2n) is 8.25. The Balaban J connectivity index is 1.81. The molecule has 0 atom stereocenters. The monoisotopic (exact) mass is 629 g/mol. The standard InChI is InChI=1S/C24H14F6IN5O/c1-9-33-19-15(35(9)2)8-12(24(28,29)30)16(18(19)32)11-4-3-5-36-20(11)22(31)34-23(36)21(37)10-6-13(25)17(27)14(26)7-10/h3-8H,32H2,1-2H3. The summed E-state index contributed by atoms with van der Waals surface area (Å²) < 4.78 is 86.6. The summed E-state index contributed by atoms with van der Waals surface area (Å²) in [6.07, 6.45) is -3.43. The zero-order chi connectivity index (χ0) is 27.0. The minimum atomic E-state index is -4.80. The molecule has 0 aliphatic heterocycles. The van der Waals surface area contributed by atoms with Gasteiger partial charge in [-0.2, -0.15) is 13.2 Å². The first-order chi connectivity index (χ1) is 17.3. The van der Waals surface area contributed by atoms with Crippen molar-refractivity contribution in [3.8, 4) is 11.1 Å². The summed E-state index contributed by atoms with van der Waals surface area (Å²) in [6.45, 7) is 1.63. The van der Waals surface area contributed by atoms with E-state index in [-0.39, 0.29) is 42.9 Å². The van der Waals surface area contributed by atoms with Gasteiger partial charge in [0, 0.05) is 29.9 Å². The summed E-state index contributed by atoms with van der Waals surface area (Å²) in [5.74, 6) is -5.73. The molecular weight excluding hydrogens is 615 g/mol. The zero-order valence-electron chi connectivity index (χ0n) is 18.9. The number of anilines is 1. The second-order valence-corrected chi connectivity index (χ2v) is 9.27. The molecule has 3 aromatic heterocycles. The van der Waals surface area contributed by atoms with E-state index in [1.807, 2.05) is 0 Å². The largest absolute Gasteiger partial charge is 0.417 e. The number of pyridine rings is 1. The SMILES string of the molecule is Cc1nc2c(N)c(-c3cccn4c(C(=O)c5cc(F)c(F)c(F)c5)nc(I)c34)c(C(F)(F)F)cc2n1C. The molecule has 0 bridgehead atoms. The Kier molecular flexibility index (Phi) is 5.73. The molecule has 2 aromatic carbocycles. The summed E-state index contributed by atoms with van der Waals surface area (Å²) in [4.78, 5) is 21.6. The quantitative estimate of drug-likeness (QED) is 0.0868. The van der Waals surface area contributed by atoms with Crippen molar-refractivity contribution in [1.82, 2.24) is 18.9 Å². The number of hydrogen-bond donors (Lipinski definition) is 1. The number of aromatic nitrogens is 4. The highest BCUT2D eigenvalue weighted by Gasteiger charge is 2.37. The highest BCUT2D eigenvalue weighted by atomic mass is 127. The molecule has 0 saturated heterocycles. The minimum Gasteiger partial charge on any atom is -0.396 e. The number of nitrogens with two attached hydrogens (primary N) is 1. The van der Waals surface area contributed by atoms with Crippen molar-refractivity contribution in [2.24, 2.45) is 7.05 Å². The Morgan fingerprint density at radius 2 is 1.73 bits per heavy atom. The van der Waals surface area contributed by atoms with E-state index in [1.165, 1.54) is 27.3 Å². The molecule has 6 nitrogen and oxygen atoms in total. The van der Waals surface area contributed by atoms with Crippen LogP contribution in [-0.4, -0.2) is 24.7 Å². The summed E-state index contributed by atoms with van der Waals surface area (Å²) >= 11 is 1.74. The number of nitrogens with zero attached hydrogens (tertiary/aromatic N) is 4. The van der Waals surface area contributed by atoms with Crippen LogP contribution >= 0.6 is 22.6 Å². The molecule has 3 heterocycles. The van der Waals surface area contributed by atoms with Crippen molar-refractivity contribution in [2.75, 3.05) is 5.73 Å². The predicted molar refractivity (Wildman–Crippen MR) is 132 cm³/mol. The first-order valence-corrected chi connectivity index (χ1v) is 11.6. The average Bonchev–Trinajstić information content (AvgIpc) is 3.32. The lowest BCUT2D eigenvalue weighted by atomic mass is 9.96. The lowest BCUT2D eigenvalue weighted by Gasteiger charge is -2.17. The molecule has 0 aliphatic rings. The van der Waals surface area contributed by atoms with Gasteiger partial charge in [0.2, 0.25) is 5.78 Å². The number of aryl methyl sites for hydroxylation is 2. The van der Waals surface area contributed by atoms with Crippen LogP contribution in [0.3, 0.4) is 0 Å². The van der Waals surface area contributed by atoms with Crippen molar-refractivity contribution in [3.63, 3.8) is 0 Å². The van der Waals surface area contributed by atoms with Gasteiger partial charge in [0.1, 0.15) is 15.0 Å². The number of ketones is 1. The summed E-state index contributed by atoms with van der Waals surface area (Å²) in [7, 11) is 1.57. The normalized spacial score (nSPS) is 12.1. The third kappa shape index (κ3) is 3.83. The van der Waals surface area contributed by atoms with E-state index in [9.17, 15) is 31.1 Å². The number of imidazole rings is 2. The molecule has 5 rings (SSSR count). The zero-order valence-corrected chi connectivity index (χ0v) is 21.0. The minimum absolute atomic E-state index is 0.0185. The Morgan fingerprint density at radius 3 is 2.35 bits per heavy atom. The molecule has 0 saturated carbocycles. The van der Waals surface area contributed by atoms with Gasteiger partial charge in [0.15, 0.2) is 23.3 Å². The van der Waals surface area contributed by atoms with E-state index >= 15 is 0 Å². The van der Waals surface area contributed by atoms with Crippen molar-refractivity contribution in [3.05, 3.63) is 80.5 Å². The number of carbonyl (C=O) groups excluding carboxylic acids is 1. The third-order valence-electron chi connectivity index (χ3n) is 6.08. The number of rotatable bonds is 3. The molecule has 0 spiro atoms. The van der Waals surface area contributed by atoms with E-state index in [0.29, 0.717) is 18.0 Å². The van der Waals surface area contributed by atoms with Gasteiger partial charge in [-0.25, -0.2) is 23.1 Å². The Bertz CT molecular complexity index is 1750. The number of benzene rings is 2. The number of fused-ring (bicyclic) bond motifs is 2. The van der Waals surface area contributed by atoms with Crippen LogP contribution < -0.4 is 5.73 Å². The first-order valence-electron chi connectivity index (χ1n) is 10.5. The maximum Gasteiger partial charge on any atom is 0.417 e.